The van der Waals surface area contributed by atoms with Crippen molar-refractivity contribution in [2.45, 2.75) is 25.6 Å². The summed E-state index contributed by atoms with van der Waals surface area (Å²) in [5, 5.41) is 19.8. The first kappa shape index (κ1) is 14.9. The molecule has 2 atom stereocenters. The predicted octanol–water partition coefficient (Wildman–Crippen LogP) is 1.15. The van der Waals surface area contributed by atoms with Gasteiger partial charge in [0.2, 0.25) is 0 Å². The van der Waals surface area contributed by atoms with Gasteiger partial charge >= 0.3 is 0 Å². The van der Waals surface area contributed by atoms with Crippen LogP contribution in [0.4, 0.5) is 0 Å². The molecule has 0 fully saturated rings. The third-order valence-electron chi connectivity index (χ3n) is 2.43. The second-order valence-electron chi connectivity index (χ2n) is 3.76. The maximum atomic E-state index is 10.8. The zero-order chi connectivity index (χ0) is 13.5. The molecule has 0 aliphatic heterocycles. The van der Waals surface area contributed by atoms with Crippen LogP contribution in [0.1, 0.15) is 25.0 Å². The second-order valence-corrected chi connectivity index (χ2v) is 5.03. The zero-order valence-electron chi connectivity index (χ0n) is 10.4. The average molecular weight is 271 g/mol. The number of hydrogen-bond donors (Lipinski definition) is 2. The van der Waals surface area contributed by atoms with E-state index in [1.54, 1.807) is 12.3 Å². The highest BCUT2D eigenvalue weighted by atomic mass is 32.2. The van der Waals surface area contributed by atoms with E-state index >= 15 is 0 Å². The molecule has 1 aromatic rings. The summed E-state index contributed by atoms with van der Waals surface area (Å²) >= 11 is 1.13. The van der Waals surface area contributed by atoms with Gasteiger partial charge in [-0.15, -0.1) is 0 Å². The minimum Gasteiger partial charge on any atom is -0.496 e. The number of pyridine rings is 1. The summed E-state index contributed by atoms with van der Waals surface area (Å²) in [6.45, 7) is 1.47. The number of carbonyl (C=O) groups is 1. The van der Waals surface area contributed by atoms with E-state index in [1.165, 1.54) is 20.2 Å². The molecular formula is C12H17NO4S. The van der Waals surface area contributed by atoms with E-state index in [-0.39, 0.29) is 5.12 Å². The number of rotatable bonds is 6. The van der Waals surface area contributed by atoms with Gasteiger partial charge in [0.05, 0.1) is 13.2 Å². The fourth-order valence-corrected chi connectivity index (χ4v) is 2.14. The van der Waals surface area contributed by atoms with Crippen molar-refractivity contribution in [1.29, 1.82) is 0 Å². The van der Waals surface area contributed by atoms with Crippen molar-refractivity contribution in [3.63, 3.8) is 0 Å². The molecule has 18 heavy (non-hydrogen) atoms. The lowest BCUT2D eigenvalue weighted by atomic mass is 10.0. The van der Waals surface area contributed by atoms with Crippen molar-refractivity contribution >= 4 is 16.9 Å². The monoisotopic (exact) mass is 271 g/mol. The third-order valence-corrected chi connectivity index (χ3v) is 3.28. The van der Waals surface area contributed by atoms with Crippen LogP contribution in [-0.2, 0) is 4.79 Å². The van der Waals surface area contributed by atoms with Crippen molar-refractivity contribution in [1.82, 2.24) is 4.98 Å². The summed E-state index contributed by atoms with van der Waals surface area (Å²) in [6.07, 6.45) is 1.32. The minimum atomic E-state index is -1.07. The van der Waals surface area contributed by atoms with Crippen LogP contribution in [0.3, 0.4) is 0 Å². The molecule has 0 aliphatic carbocycles. The molecule has 2 N–H and O–H groups in total. The molecule has 0 saturated heterocycles. The van der Waals surface area contributed by atoms with Gasteiger partial charge in [-0.1, -0.05) is 11.8 Å². The van der Waals surface area contributed by atoms with Crippen LogP contribution in [0.15, 0.2) is 18.5 Å². The van der Waals surface area contributed by atoms with Crippen LogP contribution in [0.2, 0.25) is 0 Å². The lowest BCUT2D eigenvalue weighted by Gasteiger charge is -2.19. The number of aliphatic hydroxyl groups excluding tert-OH is 2. The number of methoxy groups -OCH3 is 1. The van der Waals surface area contributed by atoms with E-state index < -0.39 is 12.2 Å². The SMILES string of the molecule is COc1ccncc1C(O)C(O)CCSC(C)=O. The number of hydrogen-bond acceptors (Lipinski definition) is 6. The van der Waals surface area contributed by atoms with Gasteiger partial charge in [-0.3, -0.25) is 9.78 Å². The molecule has 1 rings (SSSR count). The molecule has 0 saturated carbocycles. The van der Waals surface area contributed by atoms with Crippen molar-refractivity contribution in [3.05, 3.63) is 24.0 Å². The van der Waals surface area contributed by atoms with Crippen LogP contribution >= 0.6 is 11.8 Å². The molecular weight excluding hydrogens is 254 g/mol. The lowest BCUT2D eigenvalue weighted by Crippen LogP contribution is -2.20. The largest absolute Gasteiger partial charge is 0.496 e. The molecule has 0 amide bonds. The fourth-order valence-electron chi connectivity index (χ4n) is 1.49. The Morgan fingerprint density at radius 2 is 2.28 bits per heavy atom. The summed E-state index contributed by atoms with van der Waals surface area (Å²) in [7, 11) is 1.49. The van der Waals surface area contributed by atoms with E-state index in [9.17, 15) is 15.0 Å². The molecule has 2 unspecified atom stereocenters. The highest BCUT2D eigenvalue weighted by molar-refractivity contribution is 8.13. The van der Waals surface area contributed by atoms with Gasteiger partial charge in [-0.05, 0) is 12.5 Å². The van der Waals surface area contributed by atoms with Crippen LogP contribution < -0.4 is 4.74 Å². The highest BCUT2D eigenvalue weighted by Gasteiger charge is 2.21. The molecule has 100 valence electrons. The van der Waals surface area contributed by atoms with Gasteiger partial charge < -0.3 is 14.9 Å². The van der Waals surface area contributed by atoms with Crippen LogP contribution in [0.5, 0.6) is 5.75 Å². The number of carbonyl (C=O) groups excluding carboxylic acids is 1. The topological polar surface area (TPSA) is 79.7 Å². The molecule has 6 heteroatoms. The van der Waals surface area contributed by atoms with Gasteiger partial charge in [-0.25, -0.2) is 0 Å². The normalized spacial score (nSPS) is 14.0. The summed E-state index contributed by atoms with van der Waals surface area (Å²) in [5.74, 6) is 0.951. The van der Waals surface area contributed by atoms with Crippen molar-refractivity contribution in [2.24, 2.45) is 0 Å². The van der Waals surface area contributed by atoms with Gasteiger partial charge in [0.1, 0.15) is 11.9 Å². The van der Waals surface area contributed by atoms with Crippen LogP contribution in [0, 0.1) is 0 Å². The molecule has 1 aromatic heterocycles. The Morgan fingerprint density at radius 1 is 1.56 bits per heavy atom. The molecule has 5 nitrogen and oxygen atoms in total. The number of aliphatic hydroxyl groups is 2. The van der Waals surface area contributed by atoms with Gasteiger partial charge in [-0.2, -0.15) is 0 Å². The first-order valence-electron chi connectivity index (χ1n) is 5.53. The van der Waals surface area contributed by atoms with Crippen molar-refractivity contribution in [3.8, 4) is 5.75 Å². The van der Waals surface area contributed by atoms with Crippen LogP contribution in [-0.4, -0.2) is 39.3 Å². The van der Waals surface area contributed by atoms with E-state index in [0.717, 1.165) is 11.8 Å². The first-order chi connectivity index (χ1) is 8.56. The Bertz CT molecular complexity index is 399. The number of thioether (sulfide) groups is 1. The zero-order valence-corrected chi connectivity index (χ0v) is 11.2. The number of ether oxygens (including phenoxy) is 1. The van der Waals surface area contributed by atoms with Crippen molar-refractivity contribution < 1.29 is 19.7 Å². The smallest absolute Gasteiger partial charge is 0.185 e. The quantitative estimate of drug-likeness (QED) is 0.808. The number of nitrogens with zero attached hydrogens (tertiary/aromatic N) is 1. The highest BCUT2D eigenvalue weighted by Crippen LogP contribution is 2.27. The maximum Gasteiger partial charge on any atom is 0.185 e. The van der Waals surface area contributed by atoms with E-state index in [2.05, 4.69) is 4.98 Å². The Labute approximate surface area is 110 Å². The summed E-state index contributed by atoms with van der Waals surface area (Å²) in [4.78, 5) is 14.6. The lowest BCUT2D eigenvalue weighted by molar-refractivity contribution is -0.109. The first-order valence-corrected chi connectivity index (χ1v) is 6.52. The van der Waals surface area contributed by atoms with Crippen molar-refractivity contribution in [2.75, 3.05) is 12.9 Å². The van der Waals surface area contributed by atoms with Crippen LogP contribution in [0.25, 0.3) is 0 Å². The average Bonchev–Trinajstić information content (AvgIpc) is 2.37. The standard InChI is InChI=1S/C12H17NO4S/c1-8(14)18-6-4-10(15)12(16)9-7-13-5-3-11(9)17-2/h3,5,7,10,12,15-16H,4,6H2,1-2H3. The predicted molar refractivity (Wildman–Crippen MR) is 69.5 cm³/mol. The summed E-state index contributed by atoms with van der Waals surface area (Å²) < 4.78 is 5.09. The molecule has 0 bridgehead atoms. The molecule has 0 radical (unpaired) electrons. The van der Waals surface area contributed by atoms with E-state index in [4.69, 9.17) is 4.74 Å². The fraction of sp³-hybridized carbons (Fsp3) is 0.500. The Balaban J connectivity index is 2.62. The Morgan fingerprint density at radius 3 is 2.89 bits per heavy atom. The van der Waals surface area contributed by atoms with E-state index in [1.807, 2.05) is 0 Å². The summed E-state index contributed by atoms with van der Waals surface area (Å²) in [6, 6.07) is 1.62. The molecule has 0 aliphatic rings. The molecule has 0 spiro atoms. The Hall–Kier alpha value is -1.11. The Kier molecular flexibility index (Phi) is 6.11. The number of aromatic nitrogens is 1. The maximum absolute atomic E-state index is 10.8. The third kappa shape index (κ3) is 4.29. The molecule has 0 aromatic carbocycles. The van der Waals surface area contributed by atoms with Gasteiger partial charge in [0, 0.05) is 30.6 Å². The summed E-state index contributed by atoms with van der Waals surface area (Å²) in [5.41, 5.74) is 0.445. The van der Waals surface area contributed by atoms with E-state index in [0.29, 0.717) is 23.5 Å². The van der Waals surface area contributed by atoms with Gasteiger partial charge in [0.25, 0.3) is 0 Å². The second kappa shape index (κ2) is 7.35. The molecule has 1 heterocycles. The van der Waals surface area contributed by atoms with Gasteiger partial charge in [0.15, 0.2) is 5.12 Å². The minimum absolute atomic E-state index is 0.00403.